The van der Waals surface area contributed by atoms with Crippen LogP contribution in [0.25, 0.3) is 0 Å². The minimum atomic E-state index is -4.02. The fraction of sp³-hybridized carbons (Fsp3) is 0.650. The average Bonchev–Trinajstić information content (AvgIpc) is 3.08. The van der Waals surface area contributed by atoms with Gasteiger partial charge in [-0.15, -0.1) is 0 Å². The van der Waals surface area contributed by atoms with Gasteiger partial charge in [0, 0.05) is 24.7 Å². The Kier molecular flexibility index (Phi) is 10.6. The molecule has 0 unspecified atom stereocenters. The molecule has 0 bridgehead atoms. The summed E-state index contributed by atoms with van der Waals surface area (Å²) in [7, 11) is -7.88. The molecule has 0 spiro atoms. The molecule has 2 rings (SSSR count). The molecule has 10 heteroatoms. The van der Waals surface area contributed by atoms with Crippen LogP contribution in [-0.2, 0) is 30.8 Å². The first-order valence-corrected chi connectivity index (χ1v) is 13.1. The van der Waals surface area contributed by atoms with Crippen LogP contribution in [0.4, 0.5) is 5.69 Å². The molecule has 1 N–H and O–H groups in total. The fourth-order valence-corrected chi connectivity index (χ4v) is 4.76. The van der Waals surface area contributed by atoms with Crippen molar-refractivity contribution >= 4 is 32.1 Å². The molecule has 1 aromatic rings. The van der Waals surface area contributed by atoms with Gasteiger partial charge in [-0.2, -0.15) is 16.8 Å². The van der Waals surface area contributed by atoms with Crippen molar-refractivity contribution in [2.45, 2.75) is 70.9 Å². The predicted octanol–water partition coefficient (Wildman–Crippen LogP) is 3.44. The van der Waals surface area contributed by atoms with Gasteiger partial charge in [0.2, 0.25) is 0 Å². The number of hydrogen-bond acceptors (Lipinski definition) is 7. The summed E-state index contributed by atoms with van der Waals surface area (Å²) in [6.45, 7) is 12.2. The third-order valence-corrected chi connectivity index (χ3v) is 6.72. The molecule has 0 fully saturated rings. The van der Waals surface area contributed by atoms with Crippen molar-refractivity contribution in [3.05, 3.63) is 23.8 Å². The summed E-state index contributed by atoms with van der Waals surface area (Å²) in [4.78, 5) is 6.61. The number of hydrogen-bond donors (Lipinski definition) is 1. The molecule has 0 aromatic heterocycles. The van der Waals surface area contributed by atoms with Crippen molar-refractivity contribution in [3.63, 3.8) is 0 Å². The van der Waals surface area contributed by atoms with Gasteiger partial charge >= 0.3 is 0 Å². The Bertz CT molecular complexity index is 901. The summed E-state index contributed by atoms with van der Waals surface area (Å²) in [6.07, 6.45) is 2.64. The van der Waals surface area contributed by atoms with Crippen LogP contribution in [0.2, 0.25) is 0 Å². The van der Waals surface area contributed by atoms with E-state index in [9.17, 15) is 16.8 Å². The number of fused-ring (bicyclic) bond motifs is 1. The first-order chi connectivity index (χ1) is 13.9. The number of aliphatic imine (C=N–C) groups is 1. The minimum absolute atomic E-state index is 0.0570. The van der Waals surface area contributed by atoms with E-state index in [1.165, 1.54) is 12.1 Å². The van der Waals surface area contributed by atoms with Crippen LogP contribution in [0.1, 0.15) is 53.0 Å². The summed E-state index contributed by atoms with van der Waals surface area (Å²) in [6, 6.07) is 5.95. The summed E-state index contributed by atoms with van der Waals surface area (Å²) < 4.78 is 58.3. The molecule has 0 radical (unpaired) electrons. The lowest BCUT2D eigenvalue weighted by Gasteiger charge is -2.28. The molecule has 0 saturated heterocycles. The maximum Gasteiger partial charge on any atom is 0.296 e. The maximum atomic E-state index is 12.0. The molecule has 8 nitrogen and oxygen atoms in total. The van der Waals surface area contributed by atoms with Crippen molar-refractivity contribution in [2.75, 3.05) is 18.9 Å². The first kappa shape index (κ1) is 26.7. The van der Waals surface area contributed by atoms with Crippen molar-refractivity contribution in [1.29, 1.82) is 0 Å². The fourth-order valence-electron chi connectivity index (χ4n) is 3.20. The third-order valence-electron chi connectivity index (χ3n) is 4.61. The van der Waals surface area contributed by atoms with E-state index >= 15 is 0 Å². The molecule has 1 aliphatic rings. The van der Waals surface area contributed by atoms with Gasteiger partial charge < -0.3 is 0 Å². The van der Waals surface area contributed by atoms with Gasteiger partial charge in [-0.1, -0.05) is 6.92 Å². The number of nitrogens with zero attached hydrogens (tertiary/aromatic N) is 2. The number of benzene rings is 1. The van der Waals surface area contributed by atoms with Gasteiger partial charge in [-0.3, -0.25) is 18.6 Å². The third kappa shape index (κ3) is 9.22. The van der Waals surface area contributed by atoms with E-state index in [2.05, 4.69) is 44.5 Å². The molecule has 0 amide bonds. The van der Waals surface area contributed by atoms with Crippen molar-refractivity contribution < 1.29 is 25.6 Å². The quantitative estimate of drug-likeness (QED) is 0.322. The van der Waals surface area contributed by atoms with Gasteiger partial charge in [-0.05, 0) is 70.8 Å². The standard InChI is InChI=1S/C12H15NO6S2.C8H19N/c14-20(15,16)8-2-1-7-19-21(17,18)11-3-4-12-10(9-11)5-6-13-12;1-6-9(7(2)3)8(4)5/h3-4,6,9H,1-2,5,7-8H2,(H,14,15,16);7-8H,6H2,1-5H3. The van der Waals surface area contributed by atoms with E-state index in [1.807, 2.05) is 0 Å². The molecular formula is C20H34N2O6S2. The summed E-state index contributed by atoms with van der Waals surface area (Å²) in [5.74, 6) is -0.410. The molecule has 1 aromatic carbocycles. The summed E-state index contributed by atoms with van der Waals surface area (Å²) in [5, 5.41) is 0. The second-order valence-electron chi connectivity index (χ2n) is 7.59. The van der Waals surface area contributed by atoms with E-state index in [1.54, 1.807) is 12.3 Å². The Balaban J connectivity index is 0.000000424. The SMILES string of the molecule is CCN(C(C)C)C(C)C.O=S(=O)(O)CCCCOS(=O)(=O)c1ccc2c(c1)CC=N2. The van der Waals surface area contributed by atoms with E-state index in [0.717, 1.165) is 17.8 Å². The zero-order chi connectivity index (χ0) is 22.9. The van der Waals surface area contributed by atoms with Gasteiger partial charge in [-0.25, -0.2) is 0 Å². The normalized spacial score (nSPS) is 13.6. The van der Waals surface area contributed by atoms with Crippen LogP contribution in [0, 0.1) is 0 Å². The number of unbranched alkanes of at least 4 members (excludes halogenated alkanes) is 1. The van der Waals surface area contributed by atoms with E-state index in [4.69, 9.17) is 8.74 Å². The predicted molar refractivity (Wildman–Crippen MR) is 120 cm³/mol. The summed E-state index contributed by atoms with van der Waals surface area (Å²) in [5.41, 5.74) is 1.58. The van der Waals surface area contributed by atoms with Crippen LogP contribution in [-0.4, -0.2) is 63.5 Å². The second-order valence-corrected chi connectivity index (χ2v) is 10.8. The molecular weight excluding hydrogens is 428 g/mol. The van der Waals surface area contributed by atoms with Gasteiger partial charge in [0.15, 0.2) is 0 Å². The molecule has 1 heterocycles. The highest BCUT2D eigenvalue weighted by molar-refractivity contribution is 7.86. The van der Waals surface area contributed by atoms with Crippen LogP contribution in [0.15, 0.2) is 28.1 Å². The monoisotopic (exact) mass is 462 g/mol. The highest BCUT2D eigenvalue weighted by Gasteiger charge is 2.18. The highest BCUT2D eigenvalue weighted by Crippen LogP contribution is 2.27. The van der Waals surface area contributed by atoms with Crippen molar-refractivity contribution in [1.82, 2.24) is 4.90 Å². The van der Waals surface area contributed by atoms with Crippen LogP contribution in [0.3, 0.4) is 0 Å². The van der Waals surface area contributed by atoms with Crippen LogP contribution < -0.4 is 0 Å². The molecule has 0 atom stereocenters. The lowest BCUT2D eigenvalue weighted by molar-refractivity contribution is 0.185. The zero-order valence-electron chi connectivity index (χ0n) is 18.4. The summed E-state index contributed by atoms with van der Waals surface area (Å²) >= 11 is 0. The van der Waals surface area contributed by atoms with E-state index in [-0.39, 0.29) is 24.3 Å². The zero-order valence-corrected chi connectivity index (χ0v) is 20.0. The Morgan fingerprint density at radius 2 is 1.73 bits per heavy atom. The van der Waals surface area contributed by atoms with Crippen molar-refractivity contribution in [3.8, 4) is 0 Å². The van der Waals surface area contributed by atoms with Crippen LogP contribution >= 0.6 is 0 Å². The Morgan fingerprint density at radius 3 is 2.23 bits per heavy atom. The smallest absolute Gasteiger partial charge is 0.296 e. The minimum Gasteiger partial charge on any atom is -0.299 e. The molecule has 172 valence electrons. The molecule has 1 aliphatic heterocycles. The first-order valence-electron chi connectivity index (χ1n) is 10.1. The van der Waals surface area contributed by atoms with Gasteiger partial charge in [0.25, 0.3) is 20.2 Å². The molecule has 0 aliphatic carbocycles. The number of rotatable bonds is 10. The van der Waals surface area contributed by atoms with Crippen LogP contribution in [0.5, 0.6) is 0 Å². The molecule has 0 saturated carbocycles. The Hall–Kier alpha value is -1.33. The highest BCUT2D eigenvalue weighted by atomic mass is 32.2. The lowest BCUT2D eigenvalue weighted by Crippen LogP contribution is -2.36. The topological polar surface area (TPSA) is 113 Å². The largest absolute Gasteiger partial charge is 0.299 e. The lowest BCUT2D eigenvalue weighted by atomic mass is 10.2. The van der Waals surface area contributed by atoms with Crippen molar-refractivity contribution in [2.24, 2.45) is 4.99 Å². The van der Waals surface area contributed by atoms with Gasteiger partial charge in [0.1, 0.15) is 0 Å². The van der Waals surface area contributed by atoms with E-state index < -0.39 is 26.0 Å². The molecule has 30 heavy (non-hydrogen) atoms. The maximum absolute atomic E-state index is 12.0. The van der Waals surface area contributed by atoms with Gasteiger partial charge in [0.05, 0.1) is 22.9 Å². The second kappa shape index (κ2) is 11.9. The average molecular weight is 463 g/mol. The Labute approximate surface area is 181 Å². The van der Waals surface area contributed by atoms with E-state index in [0.29, 0.717) is 18.5 Å². The Morgan fingerprint density at radius 1 is 1.10 bits per heavy atom.